The summed E-state index contributed by atoms with van der Waals surface area (Å²) in [5.74, 6) is -0.0244. The maximum atomic E-state index is 11.2. The van der Waals surface area contributed by atoms with Crippen LogP contribution in [-0.4, -0.2) is 38.5 Å². The van der Waals surface area contributed by atoms with Gasteiger partial charge in [0.15, 0.2) is 0 Å². The van der Waals surface area contributed by atoms with E-state index < -0.39 is 8.24 Å². The molecule has 1 atom stereocenters. The lowest BCUT2D eigenvalue weighted by Crippen LogP contribution is -2.51. The number of hydrogen-bond acceptors (Lipinski definition) is 3. The van der Waals surface area contributed by atoms with Crippen LogP contribution in [0.5, 0.6) is 0 Å². The first-order valence-electron chi connectivity index (χ1n) is 5.80. The second-order valence-corrected chi connectivity index (χ2v) is 10.4. The number of esters is 1. The highest BCUT2D eigenvalue weighted by Crippen LogP contribution is 2.18. The fourth-order valence-corrected chi connectivity index (χ4v) is 3.15. The predicted molar refractivity (Wildman–Crippen MR) is 64.3 cm³/mol. The van der Waals surface area contributed by atoms with E-state index in [1.807, 2.05) is 0 Å². The lowest BCUT2D eigenvalue weighted by molar-refractivity contribution is -0.146. The minimum absolute atomic E-state index is 0.0244. The van der Waals surface area contributed by atoms with Gasteiger partial charge in [-0.2, -0.15) is 0 Å². The molecule has 3 nitrogen and oxygen atoms in total. The Morgan fingerprint density at radius 3 is 2.60 bits per heavy atom. The van der Waals surface area contributed by atoms with Gasteiger partial charge >= 0.3 is 5.97 Å². The third kappa shape index (κ3) is 3.95. The Hall–Kier alpha value is -0.353. The molecule has 0 N–H and O–H groups in total. The van der Waals surface area contributed by atoms with Crippen LogP contribution in [0.15, 0.2) is 0 Å². The maximum Gasteiger partial charge on any atom is 0.305 e. The monoisotopic (exact) mass is 229 g/mol. The van der Waals surface area contributed by atoms with Crippen LogP contribution in [0.3, 0.4) is 0 Å². The molecule has 1 unspecified atom stereocenters. The quantitative estimate of drug-likeness (QED) is 0.537. The van der Waals surface area contributed by atoms with Crippen LogP contribution >= 0.6 is 0 Å². The molecule has 0 spiro atoms. The van der Waals surface area contributed by atoms with Gasteiger partial charge in [0, 0.05) is 12.5 Å². The Morgan fingerprint density at radius 1 is 1.33 bits per heavy atom. The fourth-order valence-electron chi connectivity index (χ4n) is 1.85. The zero-order valence-corrected chi connectivity index (χ0v) is 11.4. The third-order valence-corrected chi connectivity index (χ3v) is 5.69. The van der Waals surface area contributed by atoms with Crippen LogP contribution < -0.4 is 0 Å². The van der Waals surface area contributed by atoms with Crippen LogP contribution in [0.4, 0.5) is 0 Å². The van der Waals surface area contributed by atoms with Crippen LogP contribution in [0, 0.1) is 0 Å². The average molecular weight is 229 g/mol. The minimum atomic E-state index is -1.27. The van der Waals surface area contributed by atoms with E-state index >= 15 is 0 Å². The first-order chi connectivity index (χ1) is 6.91. The molecule has 4 heteroatoms. The second-order valence-electron chi connectivity index (χ2n) is 5.36. The molecule has 0 aromatic rings. The summed E-state index contributed by atoms with van der Waals surface area (Å²) in [4.78, 5) is 11.2. The van der Waals surface area contributed by atoms with Crippen molar-refractivity contribution in [2.24, 2.45) is 0 Å². The number of carbonyl (C=O) groups excluding carboxylic acids is 1. The SMILES string of the molecule is CN(C1CCCCC(=O)OC1)[Si](C)(C)C. The first kappa shape index (κ1) is 12.7. The number of likely N-dealkylation sites (N-methyl/N-ethyl adjacent to an activating group) is 1. The summed E-state index contributed by atoms with van der Waals surface area (Å²) in [6, 6.07) is 0.431. The maximum absolute atomic E-state index is 11.2. The Kier molecular flexibility index (Phi) is 4.34. The number of carbonyl (C=O) groups is 1. The summed E-state index contributed by atoms with van der Waals surface area (Å²) in [6.07, 6.45) is 3.89. The van der Waals surface area contributed by atoms with E-state index in [2.05, 4.69) is 31.3 Å². The van der Waals surface area contributed by atoms with Gasteiger partial charge < -0.3 is 9.30 Å². The summed E-state index contributed by atoms with van der Waals surface area (Å²) >= 11 is 0. The Labute approximate surface area is 93.9 Å². The molecule has 1 heterocycles. The number of cyclic esters (lactones) is 1. The number of hydrogen-bond donors (Lipinski definition) is 0. The summed E-state index contributed by atoms with van der Waals surface area (Å²) in [5, 5.41) is 0. The lowest BCUT2D eigenvalue weighted by atomic mass is 10.1. The van der Waals surface area contributed by atoms with Gasteiger partial charge in [-0.05, 0) is 19.9 Å². The Bertz CT molecular complexity index is 225. The van der Waals surface area contributed by atoms with Crippen molar-refractivity contribution in [3.05, 3.63) is 0 Å². The van der Waals surface area contributed by atoms with Gasteiger partial charge in [0.2, 0.25) is 0 Å². The molecule has 1 aliphatic heterocycles. The molecular weight excluding hydrogens is 206 g/mol. The van der Waals surface area contributed by atoms with Crippen molar-refractivity contribution >= 4 is 14.2 Å². The van der Waals surface area contributed by atoms with Crippen molar-refractivity contribution < 1.29 is 9.53 Å². The molecule has 0 aliphatic carbocycles. The fraction of sp³-hybridized carbons (Fsp3) is 0.909. The first-order valence-corrected chi connectivity index (χ1v) is 9.24. The molecule has 15 heavy (non-hydrogen) atoms. The molecule has 1 rings (SSSR count). The largest absolute Gasteiger partial charge is 0.464 e. The molecule has 0 bridgehead atoms. The highest BCUT2D eigenvalue weighted by Gasteiger charge is 2.28. The van der Waals surface area contributed by atoms with E-state index in [-0.39, 0.29) is 5.97 Å². The topological polar surface area (TPSA) is 29.5 Å². The third-order valence-electron chi connectivity index (χ3n) is 3.21. The smallest absolute Gasteiger partial charge is 0.305 e. The van der Waals surface area contributed by atoms with Crippen LogP contribution in [0.25, 0.3) is 0 Å². The van der Waals surface area contributed by atoms with Crippen LogP contribution in [0.1, 0.15) is 25.7 Å². The van der Waals surface area contributed by atoms with E-state index in [9.17, 15) is 4.79 Å². The number of ether oxygens (including phenoxy) is 1. The molecule has 0 radical (unpaired) electrons. The van der Waals surface area contributed by atoms with E-state index in [1.165, 1.54) is 0 Å². The zero-order chi connectivity index (χ0) is 11.5. The summed E-state index contributed by atoms with van der Waals surface area (Å²) < 4.78 is 7.70. The van der Waals surface area contributed by atoms with E-state index in [0.717, 1.165) is 19.3 Å². The van der Waals surface area contributed by atoms with Crippen LogP contribution in [0.2, 0.25) is 19.6 Å². The Balaban J connectivity index is 2.55. The summed E-state index contributed by atoms with van der Waals surface area (Å²) in [5.41, 5.74) is 0. The van der Waals surface area contributed by atoms with Crippen molar-refractivity contribution in [3.63, 3.8) is 0 Å². The zero-order valence-electron chi connectivity index (χ0n) is 10.4. The predicted octanol–water partition coefficient (Wildman–Crippen LogP) is 2.24. The summed E-state index contributed by atoms with van der Waals surface area (Å²) in [7, 11) is 0.906. The van der Waals surface area contributed by atoms with Gasteiger partial charge in [0.1, 0.15) is 14.8 Å². The van der Waals surface area contributed by atoms with Gasteiger partial charge in [-0.3, -0.25) is 4.79 Å². The normalized spacial score (nSPS) is 24.6. The van der Waals surface area contributed by atoms with E-state index in [4.69, 9.17) is 4.74 Å². The van der Waals surface area contributed by atoms with Gasteiger partial charge in [-0.25, -0.2) is 0 Å². The van der Waals surface area contributed by atoms with E-state index in [1.54, 1.807) is 0 Å². The molecule has 1 fully saturated rings. The average Bonchev–Trinajstić information content (AvgIpc) is 2.10. The molecule has 0 saturated carbocycles. The molecule has 1 saturated heterocycles. The van der Waals surface area contributed by atoms with Crippen molar-refractivity contribution in [1.29, 1.82) is 0 Å². The molecule has 0 aromatic carbocycles. The van der Waals surface area contributed by atoms with Gasteiger partial charge in [-0.15, -0.1) is 0 Å². The van der Waals surface area contributed by atoms with Crippen molar-refractivity contribution in [2.75, 3.05) is 13.7 Å². The second kappa shape index (κ2) is 5.12. The van der Waals surface area contributed by atoms with Gasteiger partial charge in [0.25, 0.3) is 0 Å². The van der Waals surface area contributed by atoms with Gasteiger partial charge in [-0.1, -0.05) is 26.1 Å². The van der Waals surface area contributed by atoms with Crippen molar-refractivity contribution in [2.45, 2.75) is 51.4 Å². The highest BCUT2D eigenvalue weighted by molar-refractivity contribution is 6.73. The number of nitrogens with zero attached hydrogens (tertiary/aromatic N) is 1. The number of rotatable bonds is 2. The van der Waals surface area contributed by atoms with Crippen molar-refractivity contribution in [1.82, 2.24) is 4.57 Å². The minimum Gasteiger partial charge on any atom is -0.464 e. The Morgan fingerprint density at radius 2 is 2.00 bits per heavy atom. The van der Waals surface area contributed by atoms with Crippen molar-refractivity contribution in [3.8, 4) is 0 Å². The standard InChI is InChI=1S/C11H23NO2Si/c1-12(15(2,3)4)10-7-5-6-8-11(13)14-9-10/h10H,5-9H2,1-4H3. The molecule has 0 amide bonds. The van der Waals surface area contributed by atoms with Crippen LogP contribution in [-0.2, 0) is 9.53 Å². The molecule has 88 valence electrons. The lowest BCUT2D eigenvalue weighted by Gasteiger charge is -2.37. The van der Waals surface area contributed by atoms with E-state index in [0.29, 0.717) is 19.1 Å². The highest BCUT2D eigenvalue weighted by atomic mass is 28.3. The summed E-state index contributed by atoms with van der Waals surface area (Å²) in [6.45, 7) is 7.56. The molecule has 0 aromatic heterocycles. The van der Waals surface area contributed by atoms with Gasteiger partial charge in [0.05, 0.1) is 0 Å². The molecular formula is C11H23NO2Si. The molecule has 1 aliphatic rings.